The predicted octanol–water partition coefficient (Wildman–Crippen LogP) is 1.05. The van der Waals surface area contributed by atoms with Gasteiger partial charge in [0.1, 0.15) is 0 Å². The zero-order valence-electron chi connectivity index (χ0n) is 10.8. The summed E-state index contributed by atoms with van der Waals surface area (Å²) < 4.78 is 4.88. The highest BCUT2D eigenvalue weighted by molar-refractivity contribution is 6.10. The van der Waals surface area contributed by atoms with E-state index in [1.165, 1.54) is 7.11 Å². The summed E-state index contributed by atoms with van der Waals surface area (Å²) in [7, 11) is 1.37. The van der Waals surface area contributed by atoms with Crippen LogP contribution >= 0.6 is 0 Å². The molecule has 3 aliphatic rings. The molecule has 2 N–H and O–H groups in total. The highest BCUT2D eigenvalue weighted by Gasteiger charge is 2.65. The molecular weight excluding hydrogens is 244 g/mol. The lowest BCUT2D eigenvalue weighted by atomic mass is 9.83. The highest BCUT2D eigenvalue weighted by Crippen LogP contribution is 2.64. The lowest BCUT2D eigenvalue weighted by Gasteiger charge is -2.21. The van der Waals surface area contributed by atoms with Crippen LogP contribution in [0.2, 0.25) is 0 Å². The number of rotatable bonds is 1. The van der Waals surface area contributed by atoms with Gasteiger partial charge < -0.3 is 15.0 Å². The number of hydrogen-bond acceptors (Lipinski definition) is 4. The SMILES string of the molecule is COC(=O)c1c(C)[nH]c2c1[C@]13C[C@H]1CNC3=CC2=O. The molecule has 1 aromatic rings. The molecule has 1 spiro atoms. The third kappa shape index (κ3) is 1.07. The first-order chi connectivity index (χ1) is 9.09. The Bertz CT molecular complexity index is 670. The molecular formula is C14H14N2O3. The molecule has 0 unspecified atom stereocenters. The van der Waals surface area contributed by atoms with Crippen molar-refractivity contribution in [2.24, 2.45) is 5.92 Å². The zero-order chi connectivity index (χ0) is 13.4. The summed E-state index contributed by atoms with van der Waals surface area (Å²) in [4.78, 5) is 27.3. The molecule has 1 aromatic heterocycles. The van der Waals surface area contributed by atoms with Gasteiger partial charge in [0.05, 0.1) is 18.4 Å². The minimum Gasteiger partial charge on any atom is -0.465 e. The van der Waals surface area contributed by atoms with Crippen LogP contribution in [-0.2, 0) is 10.2 Å². The fourth-order valence-electron chi connectivity index (χ4n) is 3.73. The maximum atomic E-state index is 12.2. The van der Waals surface area contributed by atoms with Crippen LogP contribution in [0, 0.1) is 12.8 Å². The van der Waals surface area contributed by atoms with Gasteiger partial charge in [0.2, 0.25) is 5.78 Å². The number of ketones is 1. The molecule has 4 rings (SSSR count). The van der Waals surface area contributed by atoms with E-state index in [4.69, 9.17) is 4.74 Å². The second-order valence-corrected chi connectivity index (χ2v) is 5.54. The van der Waals surface area contributed by atoms with E-state index in [0.29, 0.717) is 22.9 Å². The predicted molar refractivity (Wildman–Crippen MR) is 67.1 cm³/mol. The molecule has 2 fully saturated rings. The first-order valence-electron chi connectivity index (χ1n) is 6.41. The van der Waals surface area contributed by atoms with Gasteiger partial charge in [-0.25, -0.2) is 4.79 Å². The Kier molecular flexibility index (Phi) is 1.77. The van der Waals surface area contributed by atoms with Crippen molar-refractivity contribution in [2.45, 2.75) is 18.8 Å². The Morgan fingerprint density at radius 1 is 1.53 bits per heavy atom. The number of aromatic nitrogens is 1. The lowest BCUT2D eigenvalue weighted by molar-refractivity contribution is 0.0598. The average Bonchev–Trinajstić information content (AvgIpc) is 2.83. The third-order valence-electron chi connectivity index (χ3n) is 4.67. The molecule has 5 nitrogen and oxygen atoms in total. The number of esters is 1. The Morgan fingerprint density at radius 2 is 2.32 bits per heavy atom. The lowest BCUT2D eigenvalue weighted by Crippen LogP contribution is -2.26. The molecule has 1 aliphatic heterocycles. The van der Waals surface area contributed by atoms with Crippen LogP contribution in [0.1, 0.15) is 38.5 Å². The van der Waals surface area contributed by atoms with Gasteiger partial charge in [-0.2, -0.15) is 0 Å². The number of fused-ring (bicyclic) bond motifs is 1. The van der Waals surface area contributed by atoms with Crippen LogP contribution in [0.15, 0.2) is 11.8 Å². The van der Waals surface area contributed by atoms with Gasteiger partial charge in [0.25, 0.3) is 0 Å². The molecule has 5 heteroatoms. The zero-order valence-corrected chi connectivity index (χ0v) is 10.8. The van der Waals surface area contributed by atoms with E-state index in [2.05, 4.69) is 10.3 Å². The molecule has 0 amide bonds. The van der Waals surface area contributed by atoms with Gasteiger partial charge in [0.15, 0.2) is 0 Å². The maximum Gasteiger partial charge on any atom is 0.340 e. The topological polar surface area (TPSA) is 71.2 Å². The summed E-state index contributed by atoms with van der Waals surface area (Å²) in [6.45, 7) is 2.69. The molecule has 0 aromatic carbocycles. The third-order valence-corrected chi connectivity index (χ3v) is 4.67. The number of carbonyl (C=O) groups excluding carboxylic acids is 2. The van der Waals surface area contributed by atoms with E-state index in [0.717, 1.165) is 24.2 Å². The summed E-state index contributed by atoms with van der Waals surface area (Å²) in [5.41, 5.74) is 3.51. The maximum absolute atomic E-state index is 12.2. The summed E-state index contributed by atoms with van der Waals surface area (Å²) in [6.07, 6.45) is 2.68. The van der Waals surface area contributed by atoms with E-state index in [1.54, 1.807) is 6.08 Å². The minimum atomic E-state index is -0.365. The van der Waals surface area contributed by atoms with Crippen LogP contribution in [0.25, 0.3) is 0 Å². The summed E-state index contributed by atoms with van der Waals surface area (Å²) in [5, 5.41) is 3.29. The van der Waals surface area contributed by atoms with Crippen molar-refractivity contribution < 1.29 is 14.3 Å². The first kappa shape index (κ1) is 10.8. The minimum absolute atomic E-state index is 0.0612. The van der Waals surface area contributed by atoms with Crippen molar-refractivity contribution in [1.82, 2.24) is 10.3 Å². The number of hydrogen-bond donors (Lipinski definition) is 2. The van der Waals surface area contributed by atoms with Gasteiger partial charge in [-0.05, 0) is 19.3 Å². The number of H-pyrrole nitrogens is 1. The van der Waals surface area contributed by atoms with E-state index >= 15 is 0 Å². The molecule has 0 radical (unpaired) electrons. The monoisotopic (exact) mass is 258 g/mol. The number of ether oxygens (including phenoxy) is 1. The van der Waals surface area contributed by atoms with Gasteiger partial charge in [-0.15, -0.1) is 0 Å². The van der Waals surface area contributed by atoms with E-state index in [-0.39, 0.29) is 17.2 Å². The molecule has 2 aliphatic carbocycles. The molecule has 0 bridgehead atoms. The van der Waals surface area contributed by atoms with Crippen molar-refractivity contribution in [3.63, 3.8) is 0 Å². The van der Waals surface area contributed by atoms with Gasteiger partial charge >= 0.3 is 5.97 Å². The fraction of sp³-hybridized carbons (Fsp3) is 0.429. The number of methoxy groups -OCH3 is 1. The molecule has 2 atom stereocenters. The van der Waals surface area contributed by atoms with Crippen molar-refractivity contribution in [2.75, 3.05) is 13.7 Å². The smallest absolute Gasteiger partial charge is 0.340 e. The van der Waals surface area contributed by atoms with Crippen LogP contribution < -0.4 is 5.32 Å². The first-order valence-corrected chi connectivity index (χ1v) is 6.41. The van der Waals surface area contributed by atoms with Crippen LogP contribution in [0.5, 0.6) is 0 Å². The second-order valence-electron chi connectivity index (χ2n) is 5.54. The summed E-state index contributed by atoms with van der Waals surface area (Å²) in [5.74, 6) is 0.0640. The molecule has 1 saturated heterocycles. The Balaban J connectivity index is 2.02. The fourth-order valence-corrected chi connectivity index (χ4v) is 3.73. The Hall–Kier alpha value is -2.04. The van der Waals surface area contributed by atoms with Gasteiger partial charge in [0, 0.05) is 35.0 Å². The molecule has 1 saturated carbocycles. The average molecular weight is 258 g/mol. The number of aryl methyl sites for hydroxylation is 1. The molecule has 19 heavy (non-hydrogen) atoms. The number of piperidine rings is 1. The summed E-state index contributed by atoms with van der Waals surface area (Å²) in [6, 6.07) is 0. The number of carbonyl (C=O) groups is 2. The normalized spacial score (nSPS) is 29.9. The van der Waals surface area contributed by atoms with Crippen molar-refractivity contribution in [3.8, 4) is 0 Å². The Morgan fingerprint density at radius 3 is 3.00 bits per heavy atom. The number of aromatic amines is 1. The van der Waals surface area contributed by atoms with Crippen molar-refractivity contribution in [1.29, 1.82) is 0 Å². The standard InChI is InChI=1S/C14H14N2O3/c1-6-10(13(18)19-2)11-12(16-6)8(17)3-9-14(11)4-7(14)5-15-9/h3,7,15-16H,4-5H2,1-2H3/t7-,14+/m0/s1. The quantitative estimate of drug-likeness (QED) is 0.739. The van der Waals surface area contributed by atoms with Crippen molar-refractivity contribution >= 4 is 11.8 Å². The summed E-state index contributed by atoms with van der Waals surface area (Å²) >= 11 is 0. The molecule has 2 heterocycles. The van der Waals surface area contributed by atoms with Crippen LogP contribution in [0.4, 0.5) is 0 Å². The van der Waals surface area contributed by atoms with Gasteiger partial charge in [-0.1, -0.05) is 0 Å². The van der Waals surface area contributed by atoms with E-state index < -0.39 is 0 Å². The van der Waals surface area contributed by atoms with Crippen LogP contribution in [-0.4, -0.2) is 30.4 Å². The van der Waals surface area contributed by atoms with Crippen molar-refractivity contribution in [3.05, 3.63) is 34.3 Å². The van der Waals surface area contributed by atoms with Gasteiger partial charge in [-0.3, -0.25) is 4.79 Å². The Labute approximate surface area is 110 Å². The van der Waals surface area contributed by atoms with E-state index in [1.807, 2.05) is 6.92 Å². The second kappa shape index (κ2) is 3.10. The highest BCUT2D eigenvalue weighted by atomic mass is 16.5. The molecule has 98 valence electrons. The van der Waals surface area contributed by atoms with E-state index in [9.17, 15) is 9.59 Å². The van der Waals surface area contributed by atoms with Crippen LogP contribution in [0.3, 0.4) is 0 Å². The largest absolute Gasteiger partial charge is 0.465 e. The number of allylic oxidation sites excluding steroid dienone is 2. The number of nitrogens with one attached hydrogen (secondary N) is 2.